The summed E-state index contributed by atoms with van der Waals surface area (Å²) in [5, 5.41) is -0.202. The fourth-order valence-corrected chi connectivity index (χ4v) is 5.61. The van der Waals surface area contributed by atoms with Gasteiger partial charge in [0.15, 0.2) is 11.6 Å². The fourth-order valence-electron chi connectivity index (χ4n) is 5.61. The molecule has 2 aliphatic rings. The van der Waals surface area contributed by atoms with Crippen molar-refractivity contribution in [3.63, 3.8) is 0 Å². The lowest BCUT2D eigenvalue weighted by molar-refractivity contribution is 0.0594. The highest BCUT2D eigenvalue weighted by molar-refractivity contribution is 5.96. The van der Waals surface area contributed by atoms with Gasteiger partial charge in [-0.15, -0.1) is 0 Å². The summed E-state index contributed by atoms with van der Waals surface area (Å²) >= 11 is 0. The summed E-state index contributed by atoms with van der Waals surface area (Å²) < 4.78 is 48.9. The Morgan fingerprint density at radius 2 is 1.72 bits per heavy atom. The number of hydrogen-bond acceptors (Lipinski definition) is 2. The van der Waals surface area contributed by atoms with Crippen molar-refractivity contribution in [2.24, 2.45) is 17.8 Å². The van der Waals surface area contributed by atoms with E-state index >= 15 is 4.39 Å². The largest absolute Gasteiger partial charge is 0.465 e. The van der Waals surface area contributed by atoms with Crippen molar-refractivity contribution in [2.75, 3.05) is 7.11 Å². The van der Waals surface area contributed by atoms with Crippen LogP contribution in [0.3, 0.4) is 0 Å². The van der Waals surface area contributed by atoms with Crippen LogP contribution in [0.1, 0.15) is 73.7 Å². The Kier molecular flexibility index (Phi) is 5.58. The van der Waals surface area contributed by atoms with E-state index in [0.29, 0.717) is 17.4 Å². The average molecular weight is 404 g/mol. The molecule has 4 rings (SSSR count). The number of esters is 1. The number of methoxy groups -OCH3 is 1. The highest BCUT2D eigenvalue weighted by atomic mass is 19.2. The highest BCUT2D eigenvalue weighted by Crippen LogP contribution is 2.49. The first-order valence-electron chi connectivity index (χ1n) is 10.6. The van der Waals surface area contributed by atoms with Gasteiger partial charge >= 0.3 is 5.97 Å². The molecule has 0 amide bonds. The van der Waals surface area contributed by atoms with Gasteiger partial charge < -0.3 is 4.74 Å². The van der Waals surface area contributed by atoms with E-state index in [1.54, 1.807) is 12.1 Å². The number of carbonyl (C=O) groups excluding carboxylic acids is 1. The van der Waals surface area contributed by atoms with Crippen LogP contribution >= 0.6 is 0 Å². The molecule has 156 valence electrons. The summed E-state index contributed by atoms with van der Waals surface area (Å²) in [7, 11) is 1.10. The zero-order chi connectivity index (χ0) is 20.7. The third kappa shape index (κ3) is 3.53. The van der Waals surface area contributed by atoms with Crippen LogP contribution < -0.4 is 0 Å². The van der Waals surface area contributed by atoms with E-state index in [1.807, 2.05) is 0 Å². The molecule has 0 saturated heterocycles. The molecule has 0 aromatic heterocycles. The third-order valence-electron chi connectivity index (χ3n) is 7.30. The third-order valence-corrected chi connectivity index (χ3v) is 7.30. The molecule has 2 nitrogen and oxygen atoms in total. The molecule has 2 aliphatic carbocycles. The first-order chi connectivity index (χ1) is 13.9. The molecule has 0 radical (unpaired) electrons. The first-order valence-corrected chi connectivity index (χ1v) is 10.6. The summed E-state index contributed by atoms with van der Waals surface area (Å²) in [5.74, 6) is -2.20. The normalized spacial score (nSPS) is 26.9. The summed E-state index contributed by atoms with van der Waals surface area (Å²) in [6, 6.07) is 4.43. The van der Waals surface area contributed by atoms with Gasteiger partial charge in [0.1, 0.15) is 5.82 Å². The van der Waals surface area contributed by atoms with E-state index in [1.165, 1.54) is 25.7 Å². The maximum absolute atomic E-state index is 15.3. The first kappa shape index (κ1) is 20.2. The number of ether oxygens (including phenoxy) is 1. The molecule has 4 atom stereocenters. The molecule has 2 unspecified atom stereocenters. The Hall–Kier alpha value is -2.04. The van der Waals surface area contributed by atoms with Crippen LogP contribution in [-0.4, -0.2) is 13.1 Å². The van der Waals surface area contributed by atoms with Crippen LogP contribution in [0.4, 0.5) is 13.2 Å². The molecule has 0 aliphatic heterocycles. The van der Waals surface area contributed by atoms with Crippen molar-refractivity contribution in [2.45, 2.75) is 57.8 Å². The molecular weight excluding hydrogens is 377 g/mol. The standard InChI is InChI=1S/C24H27F3O2/c1-3-13-4-5-15-11-16(7-6-14(15)10-13)18-9-8-17-12-19(24(28)29-2)22(26)23(27)20(17)21(18)25/h8-9,12-16H,3-7,10-11H2,1-2H3/t13?,14-,15+,16?/m0/s1. The van der Waals surface area contributed by atoms with E-state index in [2.05, 4.69) is 11.7 Å². The second kappa shape index (κ2) is 8.00. The lowest BCUT2D eigenvalue weighted by Gasteiger charge is -2.42. The number of halogens is 3. The Balaban J connectivity index is 1.66. The van der Waals surface area contributed by atoms with Gasteiger partial charge in [0.05, 0.1) is 18.1 Å². The molecule has 2 aromatic rings. The average Bonchev–Trinajstić information content (AvgIpc) is 2.74. The number of rotatable bonds is 3. The minimum Gasteiger partial charge on any atom is -0.465 e. The smallest absolute Gasteiger partial charge is 0.340 e. The van der Waals surface area contributed by atoms with E-state index in [4.69, 9.17) is 0 Å². The molecule has 0 heterocycles. The molecular formula is C24H27F3O2. The second-order valence-electron chi connectivity index (χ2n) is 8.73. The molecule has 5 heteroatoms. The Labute approximate surface area is 169 Å². The lowest BCUT2D eigenvalue weighted by atomic mass is 9.63. The summed E-state index contributed by atoms with van der Waals surface area (Å²) in [6.07, 6.45) is 7.77. The van der Waals surface area contributed by atoms with Crippen molar-refractivity contribution >= 4 is 16.7 Å². The molecule has 29 heavy (non-hydrogen) atoms. The number of carbonyl (C=O) groups is 1. The fraction of sp³-hybridized carbons (Fsp3) is 0.542. The maximum atomic E-state index is 15.3. The molecule has 0 N–H and O–H groups in total. The second-order valence-corrected chi connectivity index (χ2v) is 8.73. The topological polar surface area (TPSA) is 26.3 Å². The minimum absolute atomic E-state index is 0.0292. The molecule has 0 bridgehead atoms. The van der Waals surface area contributed by atoms with Crippen LogP contribution in [0.5, 0.6) is 0 Å². The summed E-state index contributed by atoms with van der Waals surface area (Å²) in [4.78, 5) is 11.7. The molecule has 0 spiro atoms. The highest BCUT2D eigenvalue weighted by Gasteiger charge is 2.36. The van der Waals surface area contributed by atoms with Crippen LogP contribution in [0.15, 0.2) is 18.2 Å². The Morgan fingerprint density at radius 1 is 1.00 bits per heavy atom. The molecule has 2 aromatic carbocycles. The Morgan fingerprint density at radius 3 is 2.45 bits per heavy atom. The molecule has 2 fully saturated rings. The van der Waals surface area contributed by atoms with Gasteiger partial charge in [-0.3, -0.25) is 0 Å². The van der Waals surface area contributed by atoms with Gasteiger partial charge in [0.2, 0.25) is 0 Å². The SMILES string of the molecule is CCC1CC[C@@H]2CC(c3ccc4cc(C(=O)OC)c(F)c(F)c4c3F)CC[C@H]2C1. The summed E-state index contributed by atoms with van der Waals surface area (Å²) in [5.41, 5.74) is -0.0458. The van der Waals surface area contributed by atoms with Gasteiger partial charge in [0, 0.05) is 0 Å². The predicted molar refractivity (Wildman–Crippen MR) is 106 cm³/mol. The van der Waals surface area contributed by atoms with Crippen molar-refractivity contribution < 1.29 is 22.7 Å². The van der Waals surface area contributed by atoms with Crippen LogP contribution in [-0.2, 0) is 4.74 Å². The van der Waals surface area contributed by atoms with Crippen molar-refractivity contribution in [1.82, 2.24) is 0 Å². The van der Waals surface area contributed by atoms with Crippen LogP contribution in [0.2, 0.25) is 0 Å². The maximum Gasteiger partial charge on any atom is 0.340 e. The van der Waals surface area contributed by atoms with Crippen molar-refractivity contribution in [3.8, 4) is 0 Å². The quantitative estimate of drug-likeness (QED) is 0.529. The predicted octanol–water partition coefficient (Wildman–Crippen LogP) is 6.75. The van der Waals surface area contributed by atoms with Crippen LogP contribution in [0.25, 0.3) is 10.8 Å². The molecule has 2 saturated carbocycles. The zero-order valence-electron chi connectivity index (χ0n) is 16.9. The van der Waals surface area contributed by atoms with E-state index < -0.39 is 29.0 Å². The van der Waals surface area contributed by atoms with Gasteiger partial charge in [-0.1, -0.05) is 31.9 Å². The Bertz CT molecular complexity index is 940. The van der Waals surface area contributed by atoms with Gasteiger partial charge in [-0.25, -0.2) is 18.0 Å². The van der Waals surface area contributed by atoms with Crippen molar-refractivity contribution in [3.05, 3.63) is 46.8 Å². The van der Waals surface area contributed by atoms with Crippen molar-refractivity contribution in [1.29, 1.82) is 0 Å². The summed E-state index contributed by atoms with van der Waals surface area (Å²) in [6.45, 7) is 2.25. The zero-order valence-corrected chi connectivity index (χ0v) is 16.9. The van der Waals surface area contributed by atoms with E-state index in [9.17, 15) is 13.6 Å². The lowest BCUT2D eigenvalue weighted by Crippen LogP contribution is -2.30. The van der Waals surface area contributed by atoms with Gasteiger partial charge in [-0.05, 0) is 72.8 Å². The van der Waals surface area contributed by atoms with E-state index in [0.717, 1.165) is 38.4 Å². The monoisotopic (exact) mass is 404 g/mol. The van der Waals surface area contributed by atoms with Gasteiger partial charge in [-0.2, -0.15) is 0 Å². The number of hydrogen-bond donors (Lipinski definition) is 0. The minimum atomic E-state index is -1.36. The van der Waals surface area contributed by atoms with E-state index in [-0.39, 0.29) is 16.7 Å². The number of fused-ring (bicyclic) bond motifs is 2. The number of benzene rings is 2. The van der Waals surface area contributed by atoms with Gasteiger partial charge in [0.25, 0.3) is 0 Å². The van der Waals surface area contributed by atoms with Crippen LogP contribution in [0, 0.1) is 35.2 Å².